The van der Waals surface area contributed by atoms with Gasteiger partial charge in [0, 0.05) is 35.7 Å². The number of hydrogen-bond donors (Lipinski definition) is 2. The number of carboxylic acid groups (broad SMARTS) is 1. The third kappa shape index (κ3) is 5.25. The number of nitrogens with zero attached hydrogens (tertiary/aromatic N) is 2. The normalized spacial score (nSPS) is 18.1. The van der Waals surface area contributed by atoms with Crippen molar-refractivity contribution in [2.24, 2.45) is 5.92 Å². The monoisotopic (exact) mass is 491 g/mol. The van der Waals surface area contributed by atoms with Crippen LogP contribution in [0.3, 0.4) is 0 Å². The number of nitrogens with one attached hydrogen (secondary N) is 1. The summed E-state index contributed by atoms with van der Waals surface area (Å²) in [6.07, 6.45) is 7.99. The molecule has 0 bridgehead atoms. The molecule has 7 heteroatoms. The Morgan fingerprint density at radius 1 is 1.06 bits per heavy atom. The van der Waals surface area contributed by atoms with Gasteiger partial charge in [0.15, 0.2) is 0 Å². The first-order chi connectivity index (χ1) is 17.5. The average molecular weight is 492 g/mol. The van der Waals surface area contributed by atoms with Crippen molar-refractivity contribution in [1.29, 1.82) is 0 Å². The zero-order valence-corrected chi connectivity index (χ0v) is 20.6. The molecule has 2 N–H and O–H groups in total. The van der Waals surface area contributed by atoms with Crippen molar-refractivity contribution in [1.82, 2.24) is 14.8 Å². The lowest BCUT2D eigenvalue weighted by Crippen LogP contribution is -2.50. The summed E-state index contributed by atoms with van der Waals surface area (Å²) in [6, 6.07) is 14.4. The summed E-state index contributed by atoms with van der Waals surface area (Å²) in [7, 11) is 0. The number of amides is 2. The highest BCUT2D eigenvalue weighted by molar-refractivity contribution is 5.87. The second kappa shape index (κ2) is 10.7. The molecule has 36 heavy (non-hydrogen) atoms. The number of urea groups is 1. The van der Waals surface area contributed by atoms with Crippen molar-refractivity contribution in [2.75, 3.05) is 6.54 Å². The van der Waals surface area contributed by atoms with E-state index in [9.17, 15) is 19.1 Å². The van der Waals surface area contributed by atoms with Crippen LogP contribution >= 0.6 is 0 Å². The highest BCUT2D eigenvalue weighted by Gasteiger charge is 2.33. The summed E-state index contributed by atoms with van der Waals surface area (Å²) in [6.45, 7) is 1.05. The van der Waals surface area contributed by atoms with Crippen molar-refractivity contribution < 1.29 is 19.1 Å². The predicted molar refractivity (Wildman–Crippen MR) is 137 cm³/mol. The summed E-state index contributed by atoms with van der Waals surface area (Å²) in [5.41, 5.74) is 3.74. The van der Waals surface area contributed by atoms with E-state index < -0.39 is 5.97 Å². The molecule has 1 aromatic heterocycles. The van der Waals surface area contributed by atoms with Crippen LogP contribution in [0.5, 0.6) is 0 Å². The van der Waals surface area contributed by atoms with Crippen molar-refractivity contribution in [3.05, 3.63) is 71.2 Å². The molecule has 6 nitrogen and oxygen atoms in total. The number of aliphatic carboxylic acids is 1. The topological polar surface area (TPSA) is 74.6 Å². The van der Waals surface area contributed by atoms with E-state index in [1.807, 2.05) is 39.8 Å². The Kier molecular flexibility index (Phi) is 7.25. The molecule has 1 fully saturated rings. The van der Waals surface area contributed by atoms with Crippen LogP contribution in [-0.4, -0.2) is 39.2 Å². The van der Waals surface area contributed by atoms with E-state index in [0.717, 1.165) is 53.5 Å². The molecular formula is C29H34FN3O3. The quantitative estimate of drug-likeness (QED) is 0.457. The van der Waals surface area contributed by atoms with E-state index in [4.69, 9.17) is 0 Å². The summed E-state index contributed by atoms with van der Waals surface area (Å²) < 4.78 is 16.0. The van der Waals surface area contributed by atoms with E-state index in [2.05, 4.69) is 5.32 Å². The van der Waals surface area contributed by atoms with E-state index >= 15 is 0 Å². The zero-order valence-electron chi connectivity index (χ0n) is 20.6. The molecular weight excluding hydrogens is 457 g/mol. The highest BCUT2D eigenvalue weighted by Crippen LogP contribution is 2.35. The standard InChI is InChI=1S/C29H34FN3O3/c30-22-11-13-26-24(15-22)25-16-23(12-14-27(25)33(26)19-28(34)35)32(18-21-9-5-2-6-10-21)29(36)31-17-20-7-3-1-4-8-20/h1,3-4,7-8,11,13,15,21,23H,2,5-6,9-10,12,14,16-19H2,(H,31,36)(H,34,35)/t23-/m0/s1. The molecule has 2 aliphatic rings. The Hall–Kier alpha value is -3.35. The van der Waals surface area contributed by atoms with Crippen molar-refractivity contribution in [3.8, 4) is 0 Å². The van der Waals surface area contributed by atoms with Crippen LogP contribution in [0.25, 0.3) is 10.9 Å². The molecule has 0 radical (unpaired) electrons. The summed E-state index contributed by atoms with van der Waals surface area (Å²) in [5, 5.41) is 13.4. The van der Waals surface area contributed by atoms with E-state index in [1.165, 1.54) is 31.4 Å². The van der Waals surface area contributed by atoms with Crippen LogP contribution in [-0.2, 0) is 30.7 Å². The summed E-state index contributed by atoms with van der Waals surface area (Å²) >= 11 is 0. The second-order valence-corrected chi connectivity index (χ2v) is 10.3. The third-order valence-electron chi connectivity index (χ3n) is 7.86. The molecule has 0 saturated heterocycles. The number of benzene rings is 2. The summed E-state index contributed by atoms with van der Waals surface area (Å²) in [4.78, 5) is 27.1. The molecule has 1 heterocycles. The van der Waals surface area contributed by atoms with E-state index in [0.29, 0.717) is 25.3 Å². The molecule has 190 valence electrons. The Labute approximate surface area is 211 Å². The number of carbonyl (C=O) groups excluding carboxylic acids is 1. The molecule has 1 atom stereocenters. The number of rotatable bonds is 7. The van der Waals surface area contributed by atoms with Gasteiger partial charge in [-0.15, -0.1) is 0 Å². The largest absolute Gasteiger partial charge is 0.480 e. The number of halogens is 1. The van der Waals surface area contributed by atoms with E-state index in [1.54, 1.807) is 6.07 Å². The molecule has 2 aliphatic carbocycles. The Balaban J connectivity index is 1.42. The zero-order chi connectivity index (χ0) is 25.1. The van der Waals surface area contributed by atoms with Gasteiger partial charge >= 0.3 is 12.0 Å². The number of aromatic nitrogens is 1. The van der Waals surface area contributed by atoms with Crippen LogP contribution < -0.4 is 5.32 Å². The lowest BCUT2D eigenvalue weighted by atomic mass is 9.86. The van der Waals surface area contributed by atoms with Crippen LogP contribution in [0.15, 0.2) is 48.5 Å². The van der Waals surface area contributed by atoms with Crippen molar-refractivity contribution >= 4 is 22.9 Å². The van der Waals surface area contributed by atoms with Gasteiger partial charge in [-0.05, 0) is 67.3 Å². The van der Waals surface area contributed by atoms with Crippen LogP contribution in [0.2, 0.25) is 0 Å². The average Bonchev–Trinajstić information content (AvgIpc) is 3.18. The number of fused-ring (bicyclic) bond motifs is 3. The fourth-order valence-electron chi connectivity index (χ4n) is 6.11. The predicted octanol–water partition coefficient (Wildman–Crippen LogP) is 5.51. The molecule has 0 unspecified atom stereocenters. The van der Waals surface area contributed by atoms with Crippen molar-refractivity contribution in [3.63, 3.8) is 0 Å². The lowest BCUT2D eigenvalue weighted by molar-refractivity contribution is -0.137. The first-order valence-electron chi connectivity index (χ1n) is 13.1. The molecule has 0 aliphatic heterocycles. The molecule has 2 aromatic carbocycles. The van der Waals surface area contributed by atoms with Gasteiger partial charge in [-0.25, -0.2) is 9.18 Å². The number of hydrogen-bond acceptors (Lipinski definition) is 2. The maximum absolute atomic E-state index is 14.2. The Bertz CT molecular complexity index is 1230. The van der Waals surface area contributed by atoms with Gasteiger partial charge in [0.05, 0.1) is 0 Å². The van der Waals surface area contributed by atoms with Gasteiger partial charge in [-0.3, -0.25) is 4.79 Å². The SMILES string of the molecule is O=C(O)Cn1c2c(c3cc(F)ccc31)C[C@@H](N(CC1CCCCC1)C(=O)NCc1ccccc1)CC2. The van der Waals surface area contributed by atoms with Crippen LogP contribution in [0, 0.1) is 11.7 Å². The van der Waals surface area contributed by atoms with Gasteiger partial charge in [-0.2, -0.15) is 0 Å². The summed E-state index contributed by atoms with van der Waals surface area (Å²) in [5.74, 6) is -0.756. The first kappa shape index (κ1) is 24.3. The van der Waals surface area contributed by atoms with Gasteiger partial charge < -0.3 is 19.9 Å². The smallest absolute Gasteiger partial charge is 0.323 e. The minimum absolute atomic E-state index is 0.0117. The van der Waals surface area contributed by atoms with Gasteiger partial charge in [0.2, 0.25) is 0 Å². The molecule has 5 rings (SSSR count). The third-order valence-corrected chi connectivity index (χ3v) is 7.86. The van der Waals surface area contributed by atoms with Crippen LogP contribution in [0.1, 0.15) is 55.3 Å². The highest BCUT2D eigenvalue weighted by atomic mass is 19.1. The molecule has 0 spiro atoms. The molecule has 3 aromatic rings. The first-order valence-corrected chi connectivity index (χ1v) is 13.1. The van der Waals surface area contributed by atoms with Gasteiger partial charge in [0.25, 0.3) is 0 Å². The van der Waals surface area contributed by atoms with Gasteiger partial charge in [-0.1, -0.05) is 49.6 Å². The fourth-order valence-corrected chi connectivity index (χ4v) is 6.11. The maximum Gasteiger partial charge on any atom is 0.323 e. The Morgan fingerprint density at radius 3 is 2.58 bits per heavy atom. The molecule has 1 saturated carbocycles. The second-order valence-electron chi connectivity index (χ2n) is 10.3. The van der Waals surface area contributed by atoms with Crippen molar-refractivity contribution in [2.45, 2.75) is 70.5 Å². The fraction of sp³-hybridized carbons (Fsp3) is 0.448. The maximum atomic E-state index is 14.2. The lowest BCUT2D eigenvalue weighted by Gasteiger charge is -2.38. The number of carboxylic acids is 1. The molecule has 2 amide bonds. The van der Waals surface area contributed by atoms with E-state index in [-0.39, 0.29) is 24.4 Å². The minimum Gasteiger partial charge on any atom is -0.480 e. The van der Waals surface area contributed by atoms with Gasteiger partial charge in [0.1, 0.15) is 12.4 Å². The number of carbonyl (C=O) groups is 2. The Morgan fingerprint density at radius 2 is 1.83 bits per heavy atom. The van der Waals surface area contributed by atoms with Crippen LogP contribution in [0.4, 0.5) is 9.18 Å². The minimum atomic E-state index is -0.916.